The minimum atomic E-state index is -0.741. The standard InChI is InChI=1S/C24H26FN7O2/c1-24(2,3)10-15(11-26)23(34)31-8-4-5-16(12-31)32-22-19(21(27)28-13-29-22)20(30-32)14-6-7-17(25)18(33)9-14/h6-7,9-10,13,16,33H,4-5,8,12H2,1-3H3,(H2,27,28,29)/b15-10+/t16-/m1/s1. The first-order chi connectivity index (χ1) is 16.1. The third-order valence-corrected chi connectivity index (χ3v) is 5.70. The Balaban J connectivity index is 1.74. The molecule has 0 bridgehead atoms. The fourth-order valence-electron chi connectivity index (χ4n) is 4.20. The van der Waals surface area contributed by atoms with Gasteiger partial charge in [0.25, 0.3) is 5.91 Å². The van der Waals surface area contributed by atoms with Gasteiger partial charge in [-0.3, -0.25) is 4.79 Å². The number of carbonyl (C=O) groups excluding carboxylic acids is 1. The maximum Gasteiger partial charge on any atom is 0.264 e. The summed E-state index contributed by atoms with van der Waals surface area (Å²) in [5.74, 6) is -1.34. The number of aromatic hydroxyl groups is 1. The molecule has 176 valence electrons. The molecule has 4 rings (SSSR count). The van der Waals surface area contributed by atoms with Gasteiger partial charge in [-0.2, -0.15) is 10.4 Å². The maximum absolute atomic E-state index is 13.6. The number of phenolic OH excluding ortho intramolecular Hbond substituents is 1. The van der Waals surface area contributed by atoms with Crippen LogP contribution in [-0.2, 0) is 4.79 Å². The second kappa shape index (κ2) is 8.74. The average molecular weight is 464 g/mol. The summed E-state index contributed by atoms with van der Waals surface area (Å²) in [6, 6.07) is 5.76. The second-order valence-corrected chi connectivity index (χ2v) is 9.50. The van der Waals surface area contributed by atoms with E-state index in [9.17, 15) is 19.6 Å². The summed E-state index contributed by atoms with van der Waals surface area (Å²) in [5, 5.41) is 24.6. The number of nitrogens with zero attached hydrogens (tertiary/aromatic N) is 6. The Morgan fingerprint density at radius 2 is 2.12 bits per heavy atom. The van der Waals surface area contributed by atoms with E-state index in [1.165, 1.54) is 18.5 Å². The van der Waals surface area contributed by atoms with Crippen molar-refractivity contribution < 1.29 is 14.3 Å². The van der Waals surface area contributed by atoms with Crippen LogP contribution in [-0.4, -0.2) is 48.8 Å². The third-order valence-electron chi connectivity index (χ3n) is 5.70. The van der Waals surface area contributed by atoms with Gasteiger partial charge in [-0.1, -0.05) is 26.8 Å². The smallest absolute Gasteiger partial charge is 0.264 e. The predicted octanol–water partition coefficient (Wildman–Crippen LogP) is 3.58. The SMILES string of the molecule is CC(C)(C)/C=C(\C#N)C(=O)N1CCC[C@@H](n2nc(-c3ccc(F)c(O)c3)c3c(N)ncnc32)C1. The summed E-state index contributed by atoms with van der Waals surface area (Å²) < 4.78 is 15.3. The summed E-state index contributed by atoms with van der Waals surface area (Å²) in [7, 11) is 0. The summed E-state index contributed by atoms with van der Waals surface area (Å²) in [5.41, 5.74) is 7.32. The van der Waals surface area contributed by atoms with E-state index in [4.69, 9.17) is 10.8 Å². The molecule has 3 aromatic rings. The number of anilines is 1. The molecule has 1 saturated heterocycles. The molecule has 3 heterocycles. The zero-order valence-electron chi connectivity index (χ0n) is 19.3. The van der Waals surface area contributed by atoms with Crippen molar-refractivity contribution in [1.29, 1.82) is 5.26 Å². The van der Waals surface area contributed by atoms with Gasteiger partial charge in [-0.25, -0.2) is 19.0 Å². The molecule has 0 unspecified atom stereocenters. The first-order valence-electron chi connectivity index (χ1n) is 11.0. The van der Waals surface area contributed by atoms with Crippen molar-refractivity contribution in [2.24, 2.45) is 5.41 Å². The number of nitriles is 1. The summed E-state index contributed by atoms with van der Waals surface area (Å²) in [6.07, 6.45) is 4.49. The lowest BCUT2D eigenvalue weighted by Crippen LogP contribution is -2.41. The molecule has 1 aromatic carbocycles. The van der Waals surface area contributed by atoms with Crippen molar-refractivity contribution >= 4 is 22.8 Å². The number of piperidine rings is 1. The number of hydrogen-bond donors (Lipinski definition) is 2. The number of rotatable bonds is 3. The number of allylic oxidation sites excluding steroid dienone is 1. The molecule has 1 fully saturated rings. The largest absolute Gasteiger partial charge is 0.505 e. The number of phenols is 1. The van der Waals surface area contributed by atoms with Crippen molar-refractivity contribution in [3.63, 3.8) is 0 Å². The van der Waals surface area contributed by atoms with Gasteiger partial charge in [0.15, 0.2) is 17.2 Å². The Morgan fingerprint density at radius 3 is 2.79 bits per heavy atom. The van der Waals surface area contributed by atoms with Crippen LogP contribution >= 0.6 is 0 Å². The number of halogens is 1. The number of aromatic nitrogens is 4. The lowest BCUT2D eigenvalue weighted by Gasteiger charge is -2.33. The molecule has 2 aromatic heterocycles. The number of hydrogen-bond acceptors (Lipinski definition) is 7. The van der Waals surface area contributed by atoms with E-state index >= 15 is 0 Å². The quantitative estimate of drug-likeness (QED) is 0.448. The second-order valence-electron chi connectivity index (χ2n) is 9.50. The van der Waals surface area contributed by atoms with Crippen LogP contribution in [0.15, 0.2) is 36.2 Å². The Bertz CT molecular complexity index is 1330. The van der Waals surface area contributed by atoms with Crippen molar-refractivity contribution in [3.05, 3.63) is 42.0 Å². The highest BCUT2D eigenvalue weighted by Gasteiger charge is 2.30. The minimum absolute atomic E-state index is 0.118. The number of likely N-dealkylation sites (tertiary alicyclic amines) is 1. The topological polar surface area (TPSA) is 134 Å². The van der Waals surface area contributed by atoms with Crippen molar-refractivity contribution in [1.82, 2.24) is 24.6 Å². The number of carbonyl (C=O) groups is 1. The Morgan fingerprint density at radius 1 is 1.35 bits per heavy atom. The molecule has 3 N–H and O–H groups in total. The summed E-state index contributed by atoms with van der Waals surface area (Å²) in [4.78, 5) is 23.2. The number of fused-ring (bicyclic) bond motifs is 1. The van der Waals surface area contributed by atoms with E-state index < -0.39 is 11.6 Å². The lowest BCUT2D eigenvalue weighted by atomic mass is 9.93. The van der Waals surface area contributed by atoms with Gasteiger partial charge in [0.05, 0.1) is 11.4 Å². The molecule has 1 amide bonds. The van der Waals surface area contributed by atoms with Crippen molar-refractivity contribution in [2.75, 3.05) is 18.8 Å². The summed E-state index contributed by atoms with van der Waals surface area (Å²) in [6.45, 7) is 6.69. The first-order valence-corrected chi connectivity index (χ1v) is 11.0. The van der Waals surface area contributed by atoms with Gasteiger partial charge in [-0.15, -0.1) is 0 Å². The van der Waals surface area contributed by atoms with Gasteiger partial charge in [-0.05, 0) is 36.5 Å². The Labute approximate surface area is 196 Å². The maximum atomic E-state index is 13.6. The highest BCUT2D eigenvalue weighted by molar-refractivity contribution is 5.99. The zero-order chi connectivity index (χ0) is 24.6. The van der Waals surface area contributed by atoms with Crippen LogP contribution in [0.2, 0.25) is 0 Å². The zero-order valence-corrected chi connectivity index (χ0v) is 19.3. The number of benzene rings is 1. The Hall–Kier alpha value is -4.00. The van der Waals surface area contributed by atoms with Gasteiger partial charge < -0.3 is 15.7 Å². The van der Waals surface area contributed by atoms with Crippen LogP contribution in [0.4, 0.5) is 10.2 Å². The molecule has 1 aliphatic rings. The molecule has 0 aliphatic carbocycles. The van der Waals surface area contributed by atoms with E-state index in [0.29, 0.717) is 35.4 Å². The molecule has 1 atom stereocenters. The monoisotopic (exact) mass is 463 g/mol. The predicted molar refractivity (Wildman–Crippen MR) is 125 cm³/mol. The van der Waals surface area contributed by atoms with E-state index in [2.05, 4.69) is 9.97 Å². The van der Waals surface area contributed by atoms with Crippen LogP contribution < -0.4 is 5.73 Å². The van der Waals surface area contributed by atoms with Gasteiger partial charge >= 0.3 is 0 Å². The fourth-order valence-corrected chi connectivity index (χ4v) is 4.20. The molecule has 10 heteroatoms. The fraction of sp³-hybridized carbons (Fsp3) is 0.375. The number of nitrogen functional groups attached to an aromatic ring is 1. The van der Waals surface area contributed by atoms with E-state index in [1.54, 1.807) is 15.7 Å². The van der Waals surface area contributed by atoms with Crippen molar-refractivity contribution in [3.8, 4) is 23.1 Å². The number of nitrogens with two attached hydrogens (primary N) is 1. The molecule has 0 radical (unpaired) electrons. The minimum Gasteiger partial charge on any atom is -0.505 e. The molecule has 0 spiro atoms. The molecular weight excluding hydrogens is 437 g/mol. The normalized spacial score (nSPS) is 17.1. The summed E-state index contributed by atoms with van der Waals surface area (Å²) >= 11 is 0. The number of amides is 1. The van der Waals surface area contributed by atoms with Gasteiger partial charge in [0.1, 0.15) is 29.5 Å². The van der Waals surface area contributed by atoms with E-state index in [0.717, 1.165) is 18.9 Å². The van der Waals surface area contributed by atoms with E-state index in [1.807, 2.05) is 26.8 Å². The molecule has 9 nitrogen and oxygen atoms in total. The molecule has 34 heavy (non-hydrogen) atoms. The Kier molecular flexibility index (Phi) is 5.96. The highest BCUT2D eigenvalue weighted by atomic mass is 19.1. The van der Waals surface area contributed by atoms with Crippen molar-refractivity contribution in [2.45, 2.75) is 39.7 Å². The molecule has 0 saturated carbocycles. The van der Waals surface area contributed by atoms with Crippen LogP contribution in [0.3, 0.4) is 0 Å². The van der Waals surface area contributed by atoms with Crippen LogP contribution in [0.25, 0.3) is 22.3 Å². The third kappa shape index (κ3) is 4.41. The lowest BCUT2D eigenvalue weighted by molar-refractivity contribution is -0.128. The van der Waals surface area contributed by atoms with Gasteiger partial charge in [0.2, 0.25) is 0 Å². The molecular formula is C24H26FN7O2. The van der Waals surface area contributed by atoms with Gasteiger partial charge in [0, 0.05) is 18.7 Å². The van der Waals surface area contributed by atoms with Crippen LogP contribution in [0.5, 0.6) is 5.75 Å². The first kappa shape index (κ1) is 23.2. The average Bonchev–Trinajstić information content (AvgIpc) is 3.19. The molecule has 1 aliphatic heterocycles. The van der Waals surface area contributed by atoms with Crippen LogP contribution in [0.1, 0.15) is 39.7 Å². The highest BCUT2D eigenvalue weighted by Crippen LogP contribution is 2.35. The van der Waals surface area contributed by atoms with E-state index in [-0.39, 0.29) is 28.8 Å². The van der Waals surface area contributed by atoms with Crippen LogP contribution in [0, 0.1) is 22.6 Å².